The molecule has 13 heteroatoms. The predicted molar refractivity (Wildman–Crippen MR) is 152 cm³/mol. The first-order valence-corrected chi connectivity index (χ1v) is 14.4. The highest BCUT2D eigenvalue weighted by Gasteiger charge is 2.33. The highest BCUT2D eigenvalue weighted by molar-refractivity contribution is 7.92. The number of hydrogen-bond acceptors (Lipinski definition) is 7. The summed E-state index contributed by atoms with van der Waals surface area (Å²) in [5.74, 6) is -1.94. The molecule has 9 nitrogen and oxygen atoms in total. The van der Waals surface area contributed by atoms with Gasteiger partial charge in [0.05, 0.1) is 27.7 Å². The van der Waals surface area contributed by atoms with Gasteiger partial charge in [0.1, 0.15) is 11.4 Å². The summed E-state index contributed by atoms with van der Waals surface area (Å²) in [6.45, 7) is 5.19. The summed E-state index contributed by atoms with van der Waals surface area (Å²) < 4.78 is 65.3. The molecule has 4 aromatic rings. The molecule has 0 saturated carbocycles. The van der Waals surface area contributed by atoms with Crippen molar-refractivity contribution in [3.8, 4) is 11.1 Å². The number of benzene rings is 3. The van der Waals surface area contributed by atoms with Crippen molar-refractivity contribution >= 4 is 50.3 Å². The molecule has 214 valence electrons. The first-order chi connectivity index (χ1) is 19.2. The van der Waals surface area contributed by atoms with Crippen molar-refractivity contribution in [2.24, 2.45) is 0 Å². The summed E-state index contributed by atoms with van der Waals surface area (Å²) in [6, 6.07) is 8.77. The van der Waals surface area contributed by atoms with Crippen LogP contribution in [-0.2, 0) is 21.2 Å². The van der Waals surface area contributed by atoms with Crippen LogP contribution < -0.4 is 15.8 Å². The summed E-state index contributed by atoms with van der Waals surface area (Å²) in [7, 11) is -4.39. The molecule has 0 fully saturated rings. The molecule has 1 aliphatic carbocycles. The third-order valence-electron chi connectivity index (χ3n) is 6.47. The van der Waals surface area contributed by atoms with Gasteiger partial charge in [-0.1, -0.05) is 17.7 Å². The number of anilines is 2. The van der Waals surface area contributed by atoms with E-state index in [0.717, 1.165) is 12.1 Å². The van der Waals surface area contributed by atoms with Crippen molar-refractivity contribution in [1.82, 2.24) is 15.3 Å². The third-order valence-corrected chi connectivity index (χ3v) is 8.12. The van der Waals surface area contributed by atoms with Gasteiger partial charge in [0.15, 0.2) is 5.82 Å². The van der Waals surface area contributed by atoms with E-state index >= 15 is 4.39 Å². The molecular weight excluding hydrogens is 576 g/mol. The molecule has 1 aromatic heterocycles. The first kappa shape index (κ1) is 28.5. The number of nitrogens with zero attached hydrogens (tertiary/aromatic N) is 2. The van der Waals surface area contributed by atoms with E-state index in [-0.39, 0.29) is 21.4 Å². The minimum Gasteiger partial charge on any atom is -0.444 e. The number of alkyl carbamates (subject to hydrolysis) is 1. The molecule has 0 radical (unpaired) electrons. The van der Waals surface area contributed by atoms with Gasteiger partial charge < -0.3 is 15.8 Å². The Morgan fingerprint density at radius 1 is 1.15 bits per heavy atom. The quantitative estimate of drug-likeness (QED) is 0.250. The normalized spacial score (nSPS) is 15.0. The van der Waals surface area contributed by atoms with Crippen LogP contribution >= 0.6 is 11.6 Å². The molecule has 1 amide bonds. The van der Waals surface area contributed by atoms with Crippen molar-refractivity contribution in [2.45, 2.75) is 50.2 Å². The number of nitrogens with two attached hydrogens (primary N) is 1. The van der Waals surface area contributed by atoms with E-state index in [1.54, 1.807) is 26.8 Å². The summed E-state index contributed by atoms with van der Waals surface area (Å²) >= 11 is 6.28. The Hall–Kier alpha value is -4.03. The number of nitrogens with one attached hydrogen (secondary N) is 2. The lowest BCUT2D eigenvalue weighted by atomic mass is 10.0. The molecule has 1 heterocycles. The Morgan fingerprint density at radius 2 is 1.90 bits per heavy atom. The number of halogens is 3. The van der Waals surface area contributed by atoms with Crippen LogP contribution in [0.1, 0.15) is 44.4 Å². The zero-order valence-electron chi connectivity index (χ0n) is 22.3. The number of nitrogen functional groups attached to an aromatic ring is 1. The van der Waals surface area contributed by atoms with Crippen LogP contribution in [0.25, 0.3) is 22.0 Å². The standard InChI is InChI=1S/C28H26ClF2N5O4S/c1-28(2,3)40-27(37)35-21-8-5-17-18(21)11-16(29)12-23(17)41(38,39)36-22-9-6-19(30)24(25(22)31)14-4-7-20-15(10-14)13-33-26(32)34-20/h4,6-7,9-13,21,36H,5,8H2,1-3H3,(H,35,37)(H2,32,33,34). The number of aromatic nitrogens is 2. The number of carbonyl (C=O) groups is 1. The SMILES string of the molecule is CC(C)(C)OC(=O)NC1CCc2c1cc(Cl)cc2S(=O)(=O)Nc1ccc(F)c(-c2ccc3nc(N)ncc3c2)c1F. The molecule has 0 bridgehead atoms. The molecule has 3 aromatic carbocycles. The van der Waals surface area contributed by atoms with E-state index < -0.39 is 50.6 Å². The molecule has 4 N–H and O–H groups in total. The zero-order chi connectivity index (χ0) is 29.7. The number of ether oxygens (including phenoxy) is 1. The predicted octanol–water partition coefficient (Wildman–Crippen LogP) is 6.12. The van der Waals surface area contributed by atoms with Crippen LogP contribution in [0.15, 0.2) is 53.6 Å². The Bertz CT molecular complexity index is 1810. The molecule has 0 spiro atoms. The van der Waals surface area contributed by atoms with Gasteiger partial charge >= 0.3 is 6.09 Å². The maximum Gasteiger partial charge on any atom is 0.408 e. The second-order valence-corrected chi connectivity index (χ2v) is 12.7. The fourth-order valence-electron chi connectivity index (χ4n) is 4.79. The number of amides is 1. The summed E-state index contributed by atoms with van der Waals surface area (Å²) in [5, 5.41) is 3.35. The van der Waals surface area contributed by atoms with Crippen molar-refractivity contribution in [3.63, 3.8) is 0 Å². The largest absolute Gasteiger partial charge is 0.444 e. The lowest BCUT2D eigenvalue weighted by Gasteiger charge is -2.22. The Morgan fingerprint density at radius 3 is 2.63 bits per heavy atom. The molecule has 1 aliphatic rings. The molecule has 41 heavy (non-hydrogen) atoms. The first-order valence-electron chi connectivity index (χ1n) is 12.6. The number of hydrogen-bond donors (Lipinski definition) is 3. The van der Waals surface area contributed by atoms with Crippen molar-refractivity contribution in [1.29, 1.82) is 0 Å². The van der Waals surface area contributed by atoms with Gasteiger partial charge in [-0.05, 0) is 86.7 Å². The van der Waals surface area contributed by atoms with Crippen LogP contribution in [-0.4, -0.2) is 30.1 Å². The van der Waals surface area contributed by atoms with Gasteiger partial charge in [-0.15, -0.1) is 0 Å². The fourth-order valence-corrected chi connectivity index (χ4v) is 6.47. The minimum absolute atomic E-state index is 0.0541. The third kappa shape index (κ3) is 5.89. The maximum atomic E-state index is 15.7. The van der Waals surface area contributed by atoms with Gasteiger partial charge in [-0.25, -0.2) is 32.0 Å². The van der Waals surface area contributed by atoms with E-state index in [0.29, 0.717) is 34.9 Å². The van der Waals surface area contributed by atoms with Crippen LogP contribution in [0.4, 0.5) is 25.2 Å². The second-order valence-electron chi connectivity index (χ2n) is 10.6. The summed E-state index contributed by atoms with van der Waals surface area (Å²) in [6.07, 6.45) is 1.49. The van der Waals surface area contributed by atoms with Crippen LogP contribution in [0.2, 0.25) is 5.02 Å². The average molecular weight is 602 g/mol. The second kappa shape index (κ2) is 10.4. The topological polar surface area (TPSA) is 136 Å². The highest BCUT2D eigenvalue weighted by Crippen LogP contribution is 2.39. The maximum absolute atomic E-state index is 15.7. The van der Waals surface area contributed by atoms with Gasteiger partial charge in [0.25, 0.3) is 10.0 Å². The number of rotatable bonds is 5. The van der Waals surface area contributed by atoms with E-state index in [4.69, 9.17) is 22.1 Å². The minimum atomic E-state index is -4.39. The zero-order valence-corrected chi connectivity index (χ0v) is 23.8. The van der Waals surface area contributed by atoms with Gasteiger partial charge in [-0.3, -0.25) is 4.72 Å². The smallest absolute Gasteiger partial charge is 0.408 e. The van der Waals surface area contributed by atoms with Crippen LogP contribution in [0.3, 0.4) is 0 Å². The highest BCUT2D eigenvalue weighted by atomic mass is 35.5. The van der Waals surface area contributed by atoms with Gasteiger partial charge in [0.2, 0.25) is 5.95 Å². The summed E-state index contributed by atoms with van der Waals surface area (Å²) in [5.41, 5.74) is 5.58. The molecular formula is C28H26ClF2N5O4S. The van der Waals surface area contributed by atoms with Crippen LogP contribution in [0, 0.1) is 11.6 Å². The Balaban J connectivity index is 1.48. The average Bonchev–Trinajstić information content (AvgIpc) is 3.26. The number of carbonyl (C=O) groups excluding carboxylic acids is 1. The van der Waals surface area contributed by atoms with Crippen molar-refractivity contribution in [2.75, 3.05) is 10.5 Å². The monoisotopic (exact) mass is 601 g/mol. The Labute approximate surface area is 240 Å². The molecule has 5 rings (SSSR count). The van der Waals surface area contributed by atoms with E-state index in [9.17, 15) is 17.6 Å². The Kier molecular flexibility index (Phi) is 7.24. The molecule has 1 atom stereocenters. The van der Waals surface area contributed by atoms with Crippen molar-refractivity contribution in [3.05, 3.63) is 76.4 Å². The lowest BCUT2D eigenvalue weighted by molar-refractivity contribution is 0.0503. The summed E-state index contributed by atoms with van der Waals surface area (Å²) in [4.78, 5) is 20.2. The van der Waals surface area contributed by atoms with Gasteiger partial charge in [0, 0.05) is 16.6 Å². The van der Waals surface area contributed by atoms with Gasteiger partial charge in [-0.2, -0.15) is 0 Å². The molecule has 0 aliphatic heterocycles. The lowest BCUT2D eigenvalue weighted by Crippen LogP contribution is -2.34. The van der Waals surface area contributed by atoms with E-state index in [1.165, 1.54) is 30.5 Å². The molecule has 0 saturated heterocycles. The van der Waals surface area contributed by atoms with E-state index in [2.05, 4.69) is 20.0 Å². The molecule has 1 unspecified atom stereocenters. The van der Waals surface area contributed by atoms with Crippen molar-refractivity contribution < 1.29 is 26.7 Å². The number of fused-ring (bicyclic) bond motifs is 2. The van der Waals surface area contributed by atoms with E-state index in [1.807, 2.05) is 0 Å². The number of sulfonamides is 1. The fraction of sp³-hybridized carbons (Fsp3) is 0.250. The van der Waals surface area contributed by atoms with Crippen LogP contribution in [0.5, 0.6) is 0 Å².